The fourth-order valence-electron chi connectivity index (χ4n) is 5.40. The number of fused-ring (bicyclic) bond motifs is 6. The Labute approximate surface area is 243 Å². The first-order chi connectivity index (χ1) is 20.0. The molecule has 2 aromatic heterocycles. The van der Waals surface area contributed by atoms with Crippen LogP contribution in [0.3, 0.4) is 0 Å². The van der Waals surface area contributed by atoms with E-state index in [1.54, 1.807) is 12.4 Å². The zero-order valence-electron chi connectivity index (χ0n) is 22.4. The first kappa shape index (κ1) is 26.7. The highest BCUT2D eigenvalue weighted by molar-refractivity contribution is 6.32. The summed E-state index contributed by atoms with van der Waals surface area (Å²) in [6.45, 7) is 1.30. The highest BCUT2D eigenvalue weighted by Crippen LogP contribution is 2.30. The average Bonchev–Trinajstić information content (AvgIpc) is 2.99. The Morgan fingerprint density at radius 2 is 1.88 bits per heavy atom. The molecule has 2 aromatic carbocycles. The minimum Gasteiger partial charge on any atom is -0.339 e. The van der Waals surface area contributed by atoms with Gasteiger partial charge in [0.15, 0.2) is 5.82 Å². The number of benzene rings is 2. The number of hydrogen-bond acceptors (Lipinski definition) is 7. The zero-order chi connectivity index (χ0) is 28.2. The number of aryl methyl sites for hydroxylation is 2. The maximum absolute atomic E-state index is 13.2. The minimum atomic E-state index is -0.0553. The summed E-state index contributed by atoms with van der Waals surface area (Å²) in [5.41, 5.74) is 5.06. The molecule has 0 saturated carbocycles. The quantitative estimate of drug-likeness (QED) is 0.277. The molecular weight excluding hydrogens is 538 g/mol. The van der Waals surface area contributed by atoms with E-state index in [9.17, 15) is 9.59 Å². The molecule has 4 aromatic rings. The molecule has 41 heavy (non-hydrogen) atoms. The van der Waals surface area contributed by atoms with Crippen LogP contribution >= 0.6 is 11.6 Å². The van der Waals surface area contributed by atoms with Crippen molar-refractivity contribution in [1.82, 2.24) is 19.9 Å². The molecule has 0 aliphatic carbocycles. The third-order valence-electron chi connectivity index (χ3n) is 7.42. The molecule has 2 aliphatic heterocycles. The molecule has 0 radical (unpaired) electrons. The molecule has 6 rings (SSSR count). The van der Waals surface area contributed by atoms with Gasteiger partial charge >= 0.3 is 0 Å². The average molecular weight is 568 g/mol. The fourth-order valence-corrected chi connectivity index (χ4v) is 5.53. The number of aromatic nitrogens is 3. The van der Waals surface area contributed by atoms with Crippen LogP contribution in [0.1, 0.15) is 40.7 Å². The van der Waals surface area contributed by atoms with Crippen molar-refractivity contribution in [2.45, 2.75) is 32.1 Å². The normalized spacial score (nSPS) is 16.2. The number of carbonyl (C=O) groups excluding carboxylic acids is 2. The van der Waals surface area contributed by atoms with E-state index < -0.39 is 0 Å². The molecule has 0 spiro atoms. The summed E-state index contributed by atoms with van der Waals surface area (Å²) >= 11 is 6.38. The number of piperidine rings is 1. The molecule has 0 unspecified atom stereocenters. The molecule has 9 nitrogen and oxygen atoms in total. The Bertz CT molecular complexity index is 1580. The van der Waals surface area contributed by atoms with Gasteiger partial charge in [-0.25, -0.2) is 4.98 Å². The number of anilines is 5. The van der Waals surface area contributed by atoms with Gasteiger partial charge in [-0.2, -0.15) is 4.98 Å². The molecule has 2 aliphatic rings. The van der Waals surface area contributed by atoms with Crippen molar-refractivity contribution in [3.63, 3.8) is 0 Å². The Hall–Kier alpha value is -4.50. The number of rotatable bonds is 4. The summed E-state index contributed by atoms with van der Waals surface area (Å²) in [4.78, 5) is 41.2. The Morgan fingerprint density at radius 1 is 1.00 bits per heavy atom. The Morgan fingerprint density at radius 3 is 2.76 bits per heavy atom. The zero-order valence-corrected chi connectivity index (χ0v) is 23.2. The van der Waals surface area contributed by atoms with E-state index in [0.717, 1.165) is 47.5 Å². The van der Waals surface area contributed by atoms with Gasteiger partial charge in [-0.3, -0.25) is 14.6 Å². The third kappa shape index (κ3) is 6.47. The monoisotopic (exact) mass is 567 g/mol. The largest absolute Gasteiger partial charge is 0.339 e. The second kappa shape index (κ2) is 11.9. The van der Waals surface area contributed by atoms with Gasteiger partial charge < -0.3 is 20.9 Å². The molecule has 2 amide bonds. The van der Waals surface area contributed by atoms with Gasteiger partial charge in [0, 0.05) is 42.6 Å². The lowest BCUT2D eigenvalue weighted by Gasteiger charge is -2.32. The number of pyridine rings is 1. The summed E-state index contributed by atoms with van der Waals surface area (Å²) in [7, 11) is 0. The van der Waals surface area contributed by atoms with Crippen molar-refractivity contribution < 1.29 is 9.59 Å². The maximum atomic E-state index is 13.2. The van der Waals surface area contributed by atoms with Crippen LogP contribution in [-0.2, 0) is 17.6 Å². The summed E-state index contributed by atoms with van der Waals surface area (Å²) in [5, 5.41) is 10.0. The van der Waals surface area contributed by atoms with E-state index in [1.165, 1.54) is 0 Å². The van der Waals surface area contributed by atoms with Gasteiger partial charge in [0.25, 0.3) is 5.91 Å². The van der Waals surface area contributed by atoms with Crippen molar-refractivity contribution in [1.29, 1.82) is 0 Å². The van der Waals surface area contributed by atoms with Crippen molar-refractivity contribution in [2.24, 2.45) is 5.92 Å². The lowest BCUT2D eigenvalue weighted by Crippen LogP contribution is -2.40. The molecule has 208 valence electrons. The Kier molecular flexibility index (Phi) is 7.78. The standard InChI is InChI=1S/C31H30ClN7O2/c32-26-18-34-31-36-25-13-20(16-33-17-25)8-9-23-15-24(35-29(26)38-31)10-11-27(23)37-28(40)14-21-5-4-12-39(19-21)30(41)22-6-2-1-3-7-22/h1-3,6-7,10-11,13,15-18,21H,4-5,8-9,12,14,19H2,(H,37,40)(H2,34,35,36,38)/t21-/m0/s1. The van der Waals surface area contributed by atoms with E-state index in [2.05, 4.69) is 30.9 Å². The Balaban J connectivity index is 1.18. The lowest BCUT2D eigenvalue weighted by molar-refractivity contribution is -0.117. The summed E-state index contributed by atoms with van der Waals surface area (Å²) in [6.07, 6.45) is 8.69. The first-order valence-electron chi connectivity index (χ1n) is 13.8. The minimum absolute atomic E-state index is 0.0229. The maximum Gasteiger partial charge on any atom is 0.253 e. The van der Waals surface area contributed by atoms with Gasteiger partial charge in [-0.1, -0.05) is 29.8 Å². The van der Waals surface area contributed by atoms with E-state index in [-0.39, 0.29) is 17.7 Å². The number of nitrogens with one attached hydrogen (secondary N) is 3. The van der Waals surface area contributed by atoms with Crippen LogP contribution < -0.4 is 16.0 Å². The molecule has 10 heteroatoms. The van der Waals surface area contributed by atoms with Crippen LogP contribution in [0, 0.1) is 5.92 Å². The second-order valence-corrected chi connectivity index (χ2v) is 10.9. The van der Waals surface area contributed by atoms with Crippen molar-refractivity contribution in [3.8, 4) is 0 Å². The van der Waals surface area contributed by atoms with Crippen LogP contribution in [0.4, 0.5) is 28.8 Å². The SMILES string of the molecule is O=C(C[C@@H]1CCCN(C(=O)c2ccccc2)C1)Nc1ccc2cc1CCc1cncc(c1)Nc1ncc(Cl)c(n1)N2. The highest BCUT2D eigenvalue weighted by atomic mass is 35.5. The predicted octanol–water partition coefficient (Wildman–Crippen LogP) is 5.99. The molecule has 3 N–H and O–H groups in total. The van der Waals surface area contributed by atoms with Crippen LogP contribution in [0.25, 0.3) is 0 Å². The first-order valence-corrected chi connectivity index (χ1v) is 14.2. The van der Waals surface area contributed by atoms with Gasteiger partial charge in [-0.05, 0) is 79.1 Å². The van der Waals surface area contributed by atoms with Gasteiger partial charge in [0.05, 0.1) is 18.1 Å². The number of amides is 2. The lowest BCUT2D eigenvalue weighted by atomic mass is 9.93. The number of carbonyl (C=O) groups is 2. The molecular formula is C31H30ClN7O2. The number of likely N-dealkylation sites (tertiary alicyclic amines) is 1. The number of hydrogen-bond donors (Lipinski definition) is 3. The molecule has 6 bridgehead atoms. The van der Waals surface area contributed by atoms with E-state index in [4.69, 9.17) is 11.6 Å². The van der Waals surface area contributed by atoms with Crippen LogP contribution in [0.2, 0.25) is 5.02 Å². The summed E-state index contributed by atoms with van der Waals surface area (Å²) in [5.74, 6) is 0.959. The van der Waals surface area contributed by atoms with Crippen LogP contribution in [0.5, 0.6) is 0 Å². The van der Waals surface area contributed by atoms with Gasteiger partial charge in [0.2, 0.25) is 11.9 Å². The second-order valence-electron chi connectivity index (χ2n) is 10.5. The molecule has 1 fully saturated rings. The van der Waals surface area contributed by atoms with Crippen LogP contribution in [0.15, 0.2) is 73.2 Å². The summed E-state index contributed by atoms with van der Waals surface area (Å²) in [6, 6.07) is 17.2. The van der Waals surface area contributed by atoms with E-state index >= 15 is 0 Å². The summed E-state index contributed by atoms with van der Waals surface area (Å²) < 4.78 is 0. The topological polar surface area (TPSA) is 112 Å². The molecule has 1 saturated heterocycles. The number of nitrogens with zero attached hydrogens (tertiary/aromatic N) is 4. The highest BCUT2D eigenvalue weighted by Gasteiger charge is 2.26. The molecule has 4 heterocycles. The van der Waals surface area contributed by atoms with E-state index in [0.29, 0.717) is 48.3 Å². The fraction of sp³-hybridized carbons (Fsp3) is 0.258. The van der Waals surface area contributed by atoms with Crippen molar-refractivity contribution in [2.75, 3.05) is 29.0 Å². The third-order valence-corrected chi connectivity index (χ3v) is 7.70. The predicted molar refractivity (Wildman–Crippen MR) is 160 cm³/mol. The van der Waals surface area contributed by atoms with Gasteiger partial charge in [0.1, 0.15) is 5.02 Å². The van der Waals surface area contributed by atoms with E-state index in [1.807, 2.05) is 65.7 Å². The van der Waals surface area contributed by atoms with Crippen molar-refractivity contribution in [3.05, 3.63) is 94.9 Å². The smallest absolute Gasteiger partial charge is 0.253 e. The number of halogens is 1. The molecule has 1 atom stereocenters. The van der Waals surface area contributed by atoms with Crippen molar-refractivity contribution >= 4 is 52.2 Å². The van der Waals surface area contributed by atoms with Gasteiger partial charge in [-0.15, -0.1) is 0 Å². The van der Waals surface area contributed by atoms with Crippen LogP contribution in [-0.4, -0.2) is 44.8 Å².